The molecule has 1 aliphatic heterocycles. The van der Waals surface area contributed by atoms with E-state index in [1.54, 1.807) is 58.5 Å². The molecule has 0 unspecified atom stereocenters. The van der Waals surface area contributed by atoms with Gasteiger partial charge in [-0.3, -0.25) is 0 Å². The molecule has 29 heavy (non-hydrogen) atoms. The summed E-state index contributed by atoms with van der Waals surface area (Å²) in [5, 5.41) is 7.01. The highest BCUT2D eigenvalue weighted by Gasteiger charge is 2.31. The van der Waals surface area contributed by atoms with Gasteiger partial charge < -0.3 is 10.2 Å². The van der Waals surface area contributed by atoms with Gasteiger partial charge in [-0.1, -0.05) is 0 Å². The molecule has 1 fully saturated rings. The summed E-state index contributed by atoms with van der Waals surface area (Å²) in [5.41, 5.74) is 0.533. The average molecular weight is 433 g/mol. The molecule has 3 aromatic heterocycles. The van der Waals surface area contributed by atoms with Gasteiger partial charge in [0.2, 0.25) is 0 Å². The summed E-state index contributed by atoms with van der Waals surface area (Å²) in [4.78, 5) is 19.5. The number of carbonyl (C=O) groups is 1. The molecule has 0 radical (unpaired) electrons. The van der Waals surface area contributed by atoms with Gasteiger partial charge in [-0.05, 0) is 37.3 Å². The molecule has 4 rings (SSSR count). The van der Waals surface area contributed by atoms with E-state index in [9.17, 15) is 13.2 Å². The third-order valence-electron chi connectivity index (χ3n) is 4.59. The number of pyridine rings is 1. The average Bonchev–Trinajstić information content (AvgIpc) is 3.41. The molecule has 0 bridgehead atoms. The summed E-state index contributed by atoms with van der Waals surface area (Å²) in [7, 11) is -3.51. The first kappa shape index (κ1) is 19.6. The number of urea groups is 1. The quantitative estimate of drug-likeness (QED) is 0.681. The second kappa shape index (κ2) is 7.93. The number of amides is 2. The molecule has 9 nitrogen and oxygen atoms in total. The zero-order valence-corrected chi connectivity index (χ0v) is 17.4. The molecule has 0 aliphatic carbocycles. The van der Waals surface area contributed by atoms with Gasteiger partial charge in [-0.15, -0.1) is 11.3 Å². The Kier molecular flexibility index (Phi) is 5.35. The molecule has 1 N–H and O–H groups in total. The molecular formula is C18H20N6O3S2. The zero-order valence-electron chi connectivity index (χ0n) is 15.7. The Labute approximate surface area is 172 Å². The number of thiophene rings is 1. The van der Waals surface area contributed by atoms with Crippen molar-refractivity contribution in [2.45, 2.75) is 11.1 Å². The molecule has 3 aromatic rings. The van der Waals surface area contributed by atoms with Crippen molar-refractivity contribution in [3.05, 3.63) is 53.8 Å². The van der Waals surface area contributed by atoms with Crippen molar-refractivity contribution in [1.82, 2.24) is 24.0 Å². The summed E-state index contributed by atoms with van der Waals surface area (Å²) in [6.45, 7) is 3.01. The van der Waals surface area contributed by atoms with Crippen molar-refractivity contribution in [1.29, 1.82) is 0 Å². The Bertz CT molecular complexity index is 1100. The van der Waals surface area contributed by atoms with E-state index >= 15 is 0 Å². The molecular weight excluding hydrogens is 412 g/mol. The van der Waals surface area contributed by atoms with Crippen molar-refractivity contribution >= 4 is 33.1 Å². The Balaban J connectivity index is 1.42. The molecule has 0 aromatic carbocycles. The molecule has 152 valence electrons. The number of anilines is 1. The van der Waals surface area contributed by atoms with Crippen LogP contribution in [0.15, 0.2) is 53.1 Å². The maximum Gasteiger partial charge on any atom is 0.322 e. The SMILES string of the molecule is Cc1ccc(S(=O)(=O)N2CCN(C(=O)Nc3cccnc3-n3cccn3)CC2)s1. The van der Waals surface area contributed by atoms with Crippen LogP contribution in [0.3, 0.4) is 0 Å². The highest BCUT2D eigenvalue weighted by molar-refractivity contribution is 7.91. The van der Waals surface area contributed by atoms with E-state index in [-0.39, 0.29) is 19.1 Å². The number of rotatable bonds is 4. The summed E-state index contributed by atoms with van der Waals surface area (Å²) >= 11 is 1.26. The van der Waals surface area contributed by atoms with E-state index < -0.39 is 10.0 Å². The van der Waals surface area contributed by atoms with E-state index in [4.69, 9.17) is 0 Å². The van der Waals surface area contributed by atoms with Crippen LogP contribution in [-0.4, -0.2) is 64.6 Å². The zero-order chi connectivity index (χ0) is 20.4. The third-order valence-corrected chi connectivity index (χ3v) is 7.95. The van der Waals surface area contributed by atoms with Crippen LogP contribution in [0.25, 0.3) is 5.82 Å². The number of nitrogens with one attached hydrogen (secondary N) is 1. The number of carbonyl (C=O) groups excluding carboxylic acids is 1. The van der Waals surface area contributed by atoms with Crippen LogP contribution in [0, 0.1) is 6.92 Å². The lowest BCUT2D eigenvalue weighted by Gasteiger charge is -2.33. The third kappa shape index (κ3) is 4.02. The Hall–Kier alpha value is -2.76. The number of nitrogens with zero attached hydrogens (tertiary/aromatic N) is 5. The molecule has 1 saturated heterocycles. The molecule has 4 heterocycles. The van der Waals surface area contributed by atoms with Crippen molar-refractivity contribution in [3.63, 3.8) is 0 Å². The van der Waals surface area contributed by atoms with Gasteiger partial charge in [-0.25, -0.2) is 22.9 Å². The van der Waals surface area contributed by atoms with Crippen LogP contribution in [0.5, 0.6) is 0 Å². The lowest BCUT2D eigenvalue weighted by molar-refractivity contribution is 0.184. The first-order valence-corrected chi connectivity index (χ1v) is 11.3. The van der Waals surface area contributed by atoms with Gasteiger partial charge in [-0.2, -0.15) is 9.40 Å². The number of hydrogen-bond donors (Lipinski definition) is 1. The lowest BCUT2D eigenvalue weighted by atomic mass is 10.3. The number of aryl methyl sites for hydroxylation is 1. The largest absolute Gasteiger partial charge is 0.322 e. The van der Waals surface area contributed by atoms with E-state index in [0.717, 1.165) is 4.88 Å². The van der Waals surface area contributed by atoms with Gasteiger partial charge in [0.15, 0.2) is 5.82 Å². The van der Waals surface area contributed by atoms with E-state index in [1.807, 2.05) is 6.92 Å². The van der Waals surface area contributed by atoms with Crippen LogP contribution in [0.1, 0.15) is 4.88 Å². The van der Waals surface area contributed by atoms with Gasteiger partial charge in [0, 0.05) is 49.6 Å². The van der Waals surface area contributed by atoms with Gasteiger partial charge >= 0.3 is 6.03 Å². The predicted molar refractivity (Wildman–Crippen MR) is 110 cm³/mol. The maximum absolute atomic E-state index is 12.7. The minimum Gasteiger partial charge on any atom is -0.322 e. The van der Waals surface area contributed by atoms with Crippen molar-refractivity contribution in [2.24, 2.45) is 0 Å². The van der Waals surface area contributed by atoms with E-state index in [0.29, 0.717) is 28.8 Å². The second-order valence-corrected chi connectivity index (χ2v) is 9.96. The Morgan fingerprint density at radius 1 is 1.10 bits per heavy atom. The highest BCUT2D eigenvalue weighted by atomic mass is 32.2. The summed E-state index contributed by atoms with van der Waals surface area (Å²) in [6, 6.07) is 8.39. The summed E-state index contributed by atoms with van der Waals surface area (Å²) in [5.74, 6) is 0.514. The topological polar surface area (TPSA) is 100 Å². The van der Waals surface area contributed by atoms with Gasteiger partial charge in [0.1, 0.15) is 4.21 Å². The monoisotopic (exact) mass is 432 g/mol. The first-order chi connectivity index (χ1) is 13.9. The molecule has 0 saturated carbocycles. The fraction of sp³-hybridized carbons (Fsp3) is 0.278. The van der Waals surface area contributed by atoms with Crippen LogP contribution in [0.4, 0.5) is 10.5 Å². The van der Waals surface area contributed by atoms with Crippen molar-refractivity contribution in [2.75, 3.05) is 31.5 Å². The predicted octanol–water partition coefficient (Wildman–Crippen LogP) is 2.18. The normalized spacial score (nSPS) is 15.4. The summed E-state index contributed by atoms with van der Waals surface area (Å²) in [6.07, 6.45) is 5.01. The molecule has 0 atom stereocenters. The van der Waals surface area contributed by atoms with Crippen LogP contribution in [0.2, 0.25) is 0 Å². The Morgan fingerprint density at radius 2 is 1.90 bits per heavy atom. The maximum atomic E-state index is 12.7. The van der Waals surface area contributed by atoms with Crippen LogP contribution < -0.4 is 5.32 Å². The minimum absolute atomic E-state index is 0.256. The molecule has 0 spiro atoms. The standard InChI is InChI=1S/C18H20N6O3S2/c1-14-5-6-16(28-14)29(26,27)23-12-10-22(11-13-23)18(25)21-15-4-2-7-19-17(15)24-9-3-8-20-24/h2-9H,10-13H2,1H3,(H,21,25). The number of piperazine rings is 1. The van der Waals surface area contributed by atoms with Crippen LogP contribution in [-0.2, 0) is 10.0 Å². The smallest absolute Gasteiger partial charge is 0.322 e. The van der Waals surface area contributed by atoms with Crippen molar-refractivity contribution < 1.29 is 13.2 Å². The summed E-state index contributed by atoms with van der Waals surface area (Å²) < 4.78 is 28.8. The highest BCUT2D eigenvalue weighted by Crippen LogP contribution is 2.25. The van der Waals surface area contributed by atoms with Gasteiger partial charge in [0.25, 0.3) is 10.0 Å². The fourth-order valence-electron chi connectivity index (χ4n) is 3.08. The number of aromatic nitrogens is 3. The number of sulfonamides is 1. The minimum atomic E-state index is -3.51. The lowest BCUT2D eigenvalue weighted by Crippen LogP contribution is -2.51. The Morgan fingerprint density at radius 3 is 2.55 bits per heavy atom. The molecule has 11 heteroatoms. The van der Waals surface area contributed by atoms with Gasteiger partial charge in [0.05, 0.1) is 5.69 Å². The van der Waals surface area contributed by atoms with E-state index in [2.05, 4.69) is 15.4 Å². The fourth-order valence-corrected chi connectivity index (χ4v) is 5.93. The molecule has 2 amide bonds. The second-order valence-electron chi connectivity index (χ2n) is 6.51. The van der Waals surface area contributed by atoms with Crippen LogP contribution >= 0.6 is 11.3 Å². The van der Waals surface area contributed by atoms with E-state index in [1.165, 1.54) is 15.6 Å². The molecule has 1 aliphatic rings. The van der Waals surface area contributed by atoms with Crippen molar-refractivity contribution in [3.8, 4) is 5.82 Å². The first-order valence-electron chi connectivity index (χ1n) is 9.03. The number of hydrogen-bond acceptors (Lipinski definition) is 6.